The number of ether oxygens (including phenoxy) is 1. The Bertz CT molecular complexity index is 914. The first-order chi connectivity index (χ1) is 12.5. The Hall–Kier alpha value is -2.61. The van der Waals surface area contributed by atoms with Gasteiger partial charge in [-0.25, -0.2) is 4.68 Å². The number of benzene rings is 1. The third kappa shape index (κ3) is 3.96. The summed E-state index contributed by atoms with van der Waals surface area (Å²) >= 11 is 3.51. The SMILES string of the molecule is COc1ccc(CNC(=O)c2ccn(Cn3nc(C)c(Br)c3C)n2)cc1. The summed E-state index contributed by atoms with van der Waals surface area (Å²) in [6, 6.07) is 9.26. The molecule has 2 heterocycles. The van der Waals surface area contributed by atoms with Gasteiger partial charge >= 0.3 is 0 Å². The second kappa shape index (κ2) is 7.74. The molecule has 0 unspecified atom stereocenters. The largest absolute Gasteiger partial charge is 0.497 e. The number of hydrogen-bond acceptors (Lipinski definition) is 4. The van der Waals surface area contributed by atoms with Crippen LogP contribution in [0.25, 0.3) is 0 Å². The highest BCUT2D eigenvalue weighted by Crippen LogP contribution is 2.19. The minimum atomic E-state index is -0.214. The Morgan fingerprint density at radius 3 is 2.54 bits per heavy atom. The molecule has 3 rings (SSSR count). The highest BCUT2D eigenvalue weighted by Gasteiger charge is 2.12. The summed E-state index contributed by atoms with van der Waals surface area (Å²) < 4.78 is 9.64. The van der Waals surface area contributed by atoms with E-state index in [1.54, 1.807) is 24.1 Å². The van der Waals surface area contributed by atoms with E-state index >= 15 is 0 Å². The van der Waals surface area contributed by atoms with E-state index in [1.165, 1.54) is 0 Å². The van der Waals surface area contributed by atoms with Crippen molar-refractivity contribution in [3.05, 3.63) is 63.6 Å². The van der Waals surface area contributed by atoms with Gasteiger partial charge in [0.25, 0.3) is 5.91 Å². The van der Waals surface area contributed by atoms with Crippen molar-refractivity contribution in [3.63, 3.8) is 0 Å². The molecular weight excluding hydrogens is 398 g/mol. The van der Waals surface area contributed by atoms with Gasteiger partial charge < -0.3 is 10.1 Å². The Kier molecular flexibility index (Phi) is 5.41. The van der Waals surface area contributed by atoms with E-state index in [-0.39, 0.29) is 5.91 Å². The number of amides is 1. The fourth-order valence-corrected chi connectivity index (χ4v) is 2.81. The lowest BCUT2D eigenvalue weighted by Gasteiger charge is -2.06. The highest BCUT2D eigenvalue weighted by molar-refractivity contribution is 9.10. The van der Waals surface area contributed by atoms with Crippen LogP contribution < -0.4 is 10.1 Å². The molecule has 1 N–H and O–H groups in total. The van der Waals surface area contributed by atoms with Crippen LogP contribution in [0.2, 0.25) is 0 Å². The fourth-order valence-electron chi connectivity index (χ4n) is 2.53. The smallest absolute Gasteiger partial charge is 0.272 e. The molecule has 1 amide bonds. The summed E-state index contributed by atoms with van der Waals surface area (Å²) in [6.07, 6.45) is 1.77. The van der Waals surface area contributed by atoms with Gasteiger partial charge in [0.15, 0.2) is 0 Å². The van der Waals surface area contributed by atoms with Crippen molar-refractivity contribution in [2.75, 3.05) is 7.11 Å². The van der Waals surface area contributed by atoms with E-state index in [0.29, 0.717) is 18.9 Å². The van der Waals surface area contributed by atoms with Crippen LogP contribution in [0.1, 0.15) is 27.4 Å². The molecule has 0 atom stereocenters. The normalized spacial score (nSPS) is 10.8. The van der Waals surface area contributed by atoms with Gasteiger partial charge in [0.05, 0.1) is 23.0 Å². The highest BCUT2D eigenvalue weighted by atomic mass is 79.9. The van der Waals surface area contributed by atoms with Crippen molar-refractivity contribution < 1.29 is 9.53 Å². The molecule has 0 saturated heterocycles. The number of nitrogens with zero attached hydrogens (tertiary/aromatic N) is 4. The molecule has 26 heavy (non-hydrogen) atoms. The Morgan fingerprint density at radius 1 is 1.19 bits per heavy atom. The van der Waals surface area contributed by atoms with Crippen LogP contribution >= 0.6 is 15.9 Å². The number of nitrogens with one attached hydrogen (secondary N) is 1. The zero-order valence-electron chi connectivity index (χ0n) is 14.9. The van der Waals surface area contributed by atoms with Crippen molar-refractivity contribution in [3.8, 4) is 5.75 Å². The number of aryl methyl sites for hydroxylation is 1. The van der Waals surface area contributed by atoms with E-state index in [1.807, 2.05) is 42.8 Å². The maximum atomic E-state index is 12.3. The van der Waals surface area contributed by atoms with Crippen LogP contribution in [0.3, 0.4) is 0 Å². The van der Waals surface area contributed by atoms with Crippen LogP contribution in [0.15, 0.2) is 41.0 Å². The molecule has 2 aromatic heterocycles. The van der Waals surface area contributed by atoms with Crippen LogP contribution in [-0.2, 0) is 13.2 Å². The van der Waals surface area contributed by atoms with Crippen molar-refractivity contribution in [1.82, 2.24) is 24.9 Å². The van der Waals surface area contributed by atoms with Crippen LogP contribution in [0.4, 0.5) is 0 Å². The summed E-state index contributed by atoms with van der Waals surface area (Å²) in [5.74, 6) is 0.573. The minimum absolute atomic E-state index is 0.214. The number of halogens is 1. The third-order valence-electron chi connectivity index (χ3n) is 4.06. The molecule has 0 saturated carbocycles. The fraction of sp³-hybridized carbons (Fsp3) is 0.278. The van der Waals surface area contributed by atoms with Gasteiger partial charge in [-0.2, -0.15) is 10.2 Å². The average Bonchev–Trinajstić information content (AvgIpc) is 3.21. The van der Waals surface area contributed by atoms with Gasteiger partial charge in [0, 0.05) is 12.7 Å². The Labute approximate surface area is 160 Å². The lowest BCUT2D eigenvalue weighted by molar-refractivity contribution is 0.0945. The molecule has 0 aliphatic rings. The summed E-state index contributed by atoms with van der Waals surface area (Å²) in [5.41, 5.74) is 3.31. The van der Waals surface area contributed by atoms with Gasteiger partial charge in [-0.3, -0.25) is 9.48 Å². The number of rotatable bonds is 6. The molecule has 1 aromatic carbocycles. The number of carbonyl (C=O) groups is 1. The summed E-state index contributed by atoms with van der Waals surface area (Å²) in [5, 5.41) is 11.7. The maximum Gasteiger partial charge on any atom is 0.272 e. The van der Waals surface area contributed by atoms with Gasteiger partial charge in [-0.15, -0.1) is 0 Å². The van der Waals surface area contributed by atoms with E-state index in [4.69, 9.17) is 4.74 Å². The summed E-state index contributed by atoms with van der Waals surface area (Å²) in [7, 11) is 1.62. The van der Waals surface area contributed by atoms with Gasteiger partial charge in [-0.1, -0.05) is 12.1 Å². The quantitative estimate of drug-likeness (QED) is 0.668. The van der Waals surface area contributed by atoms with Crippen molar-refractivity contribution in [2.24, 2.45) is 0 Å². The van der Waals surface area contributed by atoms with E-state index < -0.39 is 0 Å². The maximum absolute atomic E-state index is 12.3. The van der Waals surface area contributed by atoms with Crippen LogP contribution in [0.5, 0.6) is 5.75 Å². The van der Waals surface area contributed by atoms with Crippen molar-refractivity contribution >= 4 is 21.8 Å². The third-order valence-corrected chi connectivity index (χ3v) is 5.21. The molecule has 0 aliphatic heterocycles. The number of methoxy groups -OCH3 is 1. The van der Waals surface area contributed by atoms with Gasteiger partial charge in [-0.05, 0) is 53.5 Å². The Morgan fingerprint density at radius 2 is 1.92 bits per heavy atom. The molecular formula is C18H20BrN5O2. The molecule has 8 heteroatoms. The van der Waals surface area contributed by atoms with E-state index in [9.17, 15) is 4.79 Å². The zero-order valence-corrected chi connectivity index (χ0v) is 16.4. The number of aromatic nitrogens is 4. The van der Waals surface area contributed by atoms with E-state index in [0.717, 1.165) is 27.2 Å². The van der Waals surface area contributed by atoms with Gasteiger partial charge in [0.2, 0.25) is 0 Å². The molecule has 3 aromatic rings. The standard InChI is InChI=1S/C18H20BrN5O2/c1-12-17(19)13(2)24(21-12)11-23-9-8-16(22-23)18(25)20-10-14-4-6-15(26-3)7-5-14/h4-9H,10-11H2,1-3H3,(H,20,25). The monoisotopic (exact) mass is 417 g/mol. The first kappa shape index (κ1) is 18.2. The predicted octanol–water partition coefficient (Wildman–Crippen LogP) is 2.90. The molecule has 0 spiro atoms. The molecule has 136 valence electrons. The second-order valence-corrected chi connectivity index (χ2v) is 6.69. The number of hydrogen-bond donors (Lipinski definition) is 1. The summed E-state index contributed by atoms with van der Waals surface area (Å²) in [4.78, 5) is 12.3. The summed E-state index contributed by atoms with van der Waals surface area (Å²) in [6.45, 7) is 4.80. The van der Waals surface area contributed by atoms with Crippen molar-refractivity contribution in [1.29, 1.82) is 0 Å². The zero-order chi connectivity index (χ0) is 18.7. The first-order valence-electron chi connectivity index (χ1n) is 8.12. The van der Waals surface area contributed by atoms with Crippen LogP contribution in [-0.4, -0.2) is 32.6 Å². The second-order valence-electron chi connectivity index (χ2n) is 5.90. The van der Waals surface area contributed by atoms with E-state index in [2.05, 4.69) is 31.4 Å². The number of carbonyl (C=O) groups excluding carboxylic acids is 1. The molecule has 0 fully saturated rings. The van der Waals surface area contributed by atoms with Crippen LogP contribution in [0, 0.1) is 13.8 Å². The molecule has 0 bridgehead atoms. The lowest BCUT2D eigenvalue weighted by atomic mass is 10.2. The van der Waals surface area contributed by atoms with Gasteiger partial charge in [0.1, 0.15) is 18.1 Å². The topological polar surface area (TPSA) is 74.0 Å². The molecule has 0 radical (unpaired) electrons. The first-order valence-corrected chi connectivity index (χ1v) is 8.91. The molecule has 7 nitrogen and oxygen atoms in total. The Balaban J connectivity index is 1.61. The van der Waals surface area contributed by atoms with Crippen molar-refractivity contribution in [2.45, 2.75) is 27.1 Å². The predicted molar refractivity (Wildman–Crippen MR) is 101 cm³/mol. The average molecular weight is 418 g/mol. The molecule has 0 aliphatic carbocycles. The minimum Gasteiger partial charge on any atom is -0.497 e. The lowest BCUT2D eigenvalue weighted by Crippen LogP contribution is -2.23.